The van der Waals surface area contributed by atoms with E-state index < -0.39 is 0 Å². The fraction of sp³-hybridized carbons (Fsp3) is 0.381. The molecule has 0 saturated heterocycles. The molecule has 2 saturated carbocycles. The molecule has 2 aliphatic carbocycles. The van der Waals surface area contributed by atoms with Crippen molar-refractivity contribution in [2.24, 2.45) is 17.0 Å². The van der Waals surface area contributed by atoms with Gasteiger partial charge in [-0.15, -0.1) is 0 Å². The molecule has 2 aromatic rings. The number of benzene rings is 2. The van der Waals surface area contributed by atoms with Crippen molar-refractivity contribution in [3.8, 4) is 0 Å². The van der Waals surface area contributed by atoms with Crippen LogP contribution in [0.2, 0.25) is 0 Å². The van der Waals surface area contributed by atoms with Crippen molar-refractivity contribution >= 4 is 5.71 Å². The summed E-state index contributed by atoms with van der Waals surface area (Å²) in [5.41, 5.74) is 3.64. The largest absolute Gasteiger partial charge is 0.411 e. The van der Waals surface area contributed by atoms with Gasteiger partial charge in [0.15, 0.2) is 0 Å². The van der Waals surface area contributed by atoms with Gasteiger partial charge < -0.3 is 5.21 Å². The minimum Gasteiger partial charge on any atom is -0.411 e. The average molecular weight is 320 g/mol. The average Bonchev–Trinajstić information content (AvgIpc) is 3.24. The molecule has 124 valence electrons. The van der Waals surface area contributed by atoms with E-state index in [0.29, 0.717) is 11.8 Å². The van der Waals surface area contributed by atoms with Gasteiger partial charge in [0.2, 0.25) is 0 Å². The van der Waals surface area contributed by atoms with E-state index in [2.05, 4.69) is 70.7 Å². The van der Waals surface area contributed by atoms with Gasteiger partial charge in [-0.05, 0) is 36.3 Å². The van der Waals surface area contributed by atoms with Gasteiger partial charge in [-0.25, -0.2) is 0 Å². The van der Waals surface area contributed by atoms with Gasteiger partial charge in [0.1, 0.15) is 0 Å². The van der Waals surface area contributed by atoms with Crippen LogP contribution in [0.15, 0.2) is 65.8 Å². The van der Waals surface area contributed by atoms with Crippen molar-refractivity contribution < 1.29 is 5.21 Å². The zero-order valence-corrected chi connectivity index (χ0v) is 13.9. The Bertz CT molecular complexity index is 657. The van der Waals surface area contributed by atoms with Gasteiger partial charge in [0.05, 0.1) is 11.8 Å². The van der Waals surface area contributed by atoms with Crippen LogP contribution in [0.5, 0.6) is 0 Å². The SMILES string of the molecule is O/N=C1\[C@H]2CC[C@H](C2)[C@@H]1N(Cc1ccccc1)Cc1ccccc1. The number of oxime groups is 1. The molecule has 2 bridgehead atoms. The first-order valence-corrected chi connectivity index (χ1v) is 8.89. The Balaban J connectivity index is 1.62. The van der Waals surface area contributed by atoms with Crippen molar-refractivity contribution in [2.75, 3.05) is 0 Å². The summed E-state index contributed by atoms with van der Waals surface area (Å²) in [5, 5.41) is 13.3. The summed E-state index contributed by atoms with van der Waals surface area (Å²) in [4.78, 5) is 2.50. The third-order valence-corrected chi connectivity index (χ3v) is 5.61. The molecule has 0 spiro atoms. The highest BCUT2D eigenvalue weighted by Crippen LogP contribution is 2.45. The maximum absolute atomic E-state index is 9.60. The van der Waals surface area contributed by atoms with Gasteiger partial charge in [-0.3, -0.25) is 4.90 Å². The molecule has 2 aliphatic rings. The fourth-order valence-corrected chi connectivity index (χ4v) is 4.57. The molecule has 24 heavy (non-hydrogen) atoms. The van der Waals surface area contributed by atoms with Crippen LogP contribution in [0, 0.1) is 11.8 Å². The molecule has 1 N–H and O–H groups in total. The predicted molar refractivity (Wildman–Crippen MR) is 96.0 cm³/mol. The highest BCUT2D eigenvalue weighted by Gasteiger charge is 2.47. The highest BCUT2D eigenvalue weighted by molar-refractivity contribution is 5.94. The summed E-state index contributed by atoms with van der Waals surface area (Å²) in [7, 11) is 0. The minimum absolute atomic E-state index is 0.272. The fourth-order valence-electron chi connectivity index (χ4n) is 4.57. The topological polar surface area (TPSA) is 35.8 Å². The first kappa shape index (κ1) is 15.4. The summed E-state index contributed by atoms with van der Waals surface area (Å²) < 4.78 is 0. The quantitative estimate of drug-likeness (QED) is 0.658. The van der Waals surface area contributed by atoms with Crippen LogP contribution in [-0.2, 0) is 13.1 Å². The van der Waals surface area contributed by atoms with Crippen molar-refractivity contribution in [1.29, 1.82) is 0 Å². The number of nitrogens with zero attached hydrogens (tertiary/aromatic N) is 2. The Morgan fingerprint density at radius 2 is 1.46 bits per heavy atom. The Hall–Kier alpha value is -2.13. The van der Waals surface area contributed by atoms with E-state index in [4.69, 9.17) is 0 Å². The number of hydrogen-bond acceptors (Lipinski definition) is 3. The summed E-state index contributed by atoms with van der Waals surface area (Å²) in [5.74, 6) is 1.12. The molecular weight excluding hydrogens is 296 g/mol. The lowest BCUT2D eigenvalue weighted by molar-refractivity contribution is 0.175. The molecule has 0 heterocycles. The minimum atomic E-state index is 0.272. The molecule has 4 rings (SSSR count). The second-order valence-electron chi connectivity index (χ2n) is 7.12. The molecule has 0 radical (unpaired) electrons. The zero-order chi connectivity index (χ0) is 16.4. The van der Waals surface area contributed by atoms with Crippen molar-refractivity contribution in [1.82, 2.24) is 4.90 Å². The Labute approximate surface area is 143 Å². The Kier molecular flexibility index (Phi) is 4.35. The van der Waals surface area contributed by atoms with Crippen LogP contribution in [0.3, 0.4) is 0 Å². The van der Waals surface area contributed by atoms with Crippen LogP contribution in [0.4, 0.5) is 0 Å². The molecule has 0 aliphatic heterocycles. The number of fused-ring (bicyclic) bond motifs is 2. The predicted octanol–water partition coefficient (Wildman–Crippen LogP) is 4.32. The van der Waals surface area contributed by atoms with E-state index in [0.717, 1.165) is 18.8 Å². The summed E-state index contributed by atoms with van der Waals surface area (Å²) in [6.45, 7) is 1.78. The van der Waals surface area contributed by atoms with Gasteiger partial charge >= 0.3 is 0 Å². The second-order valence-corrected chi connectivity index (χ2v) is 7.12. The molecule has 0 amide bonds. The molecule has 3 atom stereocenters. The van der Waals surface area contributed by atoms with E-state index in [1.165, 1.54) is 30.4 Å². The normalized spacial score (nSPS) is 27.2. The number of hydrogen-bond donors (Lipinski definition) is 1. The van der Waals surface area contributed by atoms with Crippen molar-refractivity contribution in [3.05, 3.63) is 71.8 Å². The monoisotopic (exact) mass is 320 g/mol. The molecule has 0 aromatic heterocycles. The van der Waals surface area contributed by atoms with E-state index in [1.807, 2.05) is 0 Å². The molecule has 3 heteroatoms. The van der Waals surface area contributed by atoms with Crippen LogP contribution in [0.25, 0.3) is 0 Å². The Morgan fingerprint density at radius 1 is 0.875 bits per heavy atom. The lowest BCUT2D eigenvalue weighted by Gasteiger charge is -2.35. The summed E-state index contributed by atoms with van der Waals surface area (Å²) >= 11 is 0. The van der Waals surface area contributed by atoms with Crippen LogP contribution >= 0.6 is 0 Å². The second kappa shape index (κ2) is 6.78. The van der Waals surface area contributed by atoms with Crippen LogP contribution < -0.4 is 0 Å². The van der Waals surface area contributed by atoms with Gasteiger partial charge in [0.25, 0.3) is 0 Å². The summed E-state index contributed by atoms with van der Waals surface area (Å²) in [6.07, 6.45) is 3.63. The lowest BCUT2D eigenvalue weighted by Crippen LogP contribution is -2.44. The van der Waals surface area contributed by atoms with E-state index in [1.54, 1.807) is 0 Å². The molecule has 2 fully saturated rings. The molecule has 3 nitrogen and oxygen atoms in total. The standard InChI is InChI=1S/C21H24N2O/c24-22-20-18-11-12-19(13-18)21(20)23(14-16-7-3-1-4-8-16)15-17-9-5-2-6-10-17/h1-10,18-19,21,24H,11-15H2/b22-20+/t18-,19+,21-/m0/s1. The van der Waals surface area contributed by atoms with Crippen LogP contribution in [0.1, 0.15) is 30.4 Å². The van der Waals surface area contributed by atoms with E-state index in [-0.39, 0.29) is 6.04 Å². The van der Waals surface area contributed by atoms with Gasteiger partial charge in [-0.1, -0.05) is 65.8 Å². The van der Waals surface area contributed by atoms with Gasteiger partial charge in [0, 0.05) is 19.0 Å². The van der Waals surface area contributed by atoms with E-state index >= 15 is 0 Å². The molecule has 2 aromatic carbocycles. The maximum Gasteiger partial charge on any atom is 0.0775 e. The lowest BCUT2D eigenvalue weighted by atomic mass is 9.91. The Morgan fingerprint density at radius 3 is 2.00 bits per heavy atom. The molecular formula is C21H24N2O. The van der Waals surface area contributed by atoms with Gasteiger partial charge in [-0.2, -0.15) is 0 Å². The summed E-state index contributed by atoms with van der Waals surface area (Å²) in [6, 6.07) is 21.5. The first-order chi connectivity index (χ1) is 11.8. The first-order valence-electron chi connectivity index (χ1n) is 8.89. The van der Waals surface area contributed by atoms with Crippen LogP contribution in [-0.4, -0.2) is 21.9 Å². The van der Waals surface area contributed by atoms with Crippen molar-refractivity contribution in [3.63, 3.8) is 0 Å². The van der Waals surface area contributed by atoms with Crippen molar-refractivity contribution in [2.45, 2.75) is 38.4 Å². The van der Waals surface area contributed by atoms with E-state index in [9.17, 15) is 5.21 Å². The third kappa shape index (κ3) is 2.96. The smallest absolute Gasteiger partial charge is 0.0775 e. The zero-order valence-electron chi connectivity index (χ0n) is 13.9. The maximum atomic E-state index is 9.60. The number of rotatable bonds is 5. The molecule has 0 unspecified atom stereocenters. The third-order valence-electron chi connectivity index (χ3n) is 5.61. The highest BCUT2D eigenvalue weighted by atomic mass is 16.4.